The number of hydrogen-bond acceptors (Lipinski definition) is 6. The highest BCUT2D eigenvalue weighted by molar-refractivity contribution is 7.09. The van der Waals surface area contributed by atoms with Crippen LogP contribution in [0, 0.1) is 6.92 Å². The molecule has 1 aromatic heterocycles. The summed E-state index contributed by atoms with van der Waals surface area (Å²) >= 11 is 1.42. The van der Waals surface area contributed by atoms with E-state index in [-0.39, 0.29) is 25.9 Å². The third kappa shape index (κ3) is 6.35. The average Bonchev–Trinajstić information content (AvgIpc) is 2.79. The number of aromatic nitrogens is 1. The van der Waals surface area contributed by atoms with E-state index in [1.165, 1.54) is 11.3 Å². The first-order valence-electron chi connectivity index (χ1n) is 6.51. The minimum absolute atomic E-state index is 0.00397. The van der Waals surface area contributed by atoms with Gasteiger partial charge in [0.1, 0.15) is 6.04 Å². The topological polar surface area (TPSA) is 106 Å². The van der Waals surface area contributed by atoms with Gasteiger partial charge in [-0.05, 0) is 20.3 Å². The predicted octanol–water partition coefficient (Wildman–Crippen LogP) is 0.907. The van der Waals surface area contributed by atoms with Gasteiger partial charge in [0.05, 0.1) is 23.7 Å². The maximum absolute atomic E-state index is 11.8. The molecule has 21 heavy (non-hydrogen) atoms. The maximum atomic E-state index is 11.8. The zero-order valence-corrected chi connectivity index (χ0v) is 12.7. The summed E-state index contributed by atoms with van der Waals surface area (Å²) in [6.45, 7) is 3.74. The van der Waals surface area contributed by atoms with E-state index in [0.29, 0.717) is 5.69 Å². The predicted molar refractivity (Wildman–Crippen MR) is 76.0 cm³/mol. The van der Waals surface area contributed by atoms with Gasteiger partial charge in [0.15, 0.2) is 0 Å². The number of aryl methyl sites for hydroxylation is 1. The molecule has 7 nitrogen and oxygen atoms in total. The van der Waals surface area contributed by atoms with Crippen LogP contribution in [0.25, 0.3) is 0 Å². The maximum Gasteiger partial charge on any atom is 0.326 e. The van der Waals surface area contributed by atoms with E-state index >= 15 is 0 Å². The standard InChI is InChI=1S/C13H18N2O5S/c1-3-20-12(17)5-4-10(13(18)19)15-11(16)6-9-7-21-8(2)14-9/h7,10H,3-6H2,1-2H3,(H,15,16)(H,18,19)/t10-/m0/s1. The number of nitrogens with one attached hydrogen (secondary N) is 1. The van der Waals surface area contributed by atoms with Crippen molar-refractivity contribution in [3.8, 4) is 0 Å². The molecule has 0 fully saturated rings. The smallest absolute Gasteiger partial charge is 0.326 e. The first-order chi connectivity index (χ1) is 9.92. The number of carbonyl (C=O) groups is 3. The Labute approximate surface area is 126 Å². The number of carboxylic acids is 1. The molecule has 0 aromatic carbocycles. The Morgan fingerprint density at radius 1 is 1.48 bits per heavy atom. The van der Waals surface area contributed by atoms with E-state index in [4.69, 9.17) is 9.84 Å². The van der Waals surface area contributed by atoms with E-state index in [2.05, 4.69) is 10.3 Å². The van der Waals surface area contributed by atoms with E-state index < -0.39 is 23.9 Å². The monoisotopic (exact) mass is 314 g/mol. The van der Waals surface area contributed by atoms with Gasteiger partial charge in [-0.1, -0.05) is 0 Å². The third-order valence-corrected chi connectivity index (χ3v) is 3.41. The second kappa shape index (κ2) is 8.35. The van der Waals surface area contributed by atoms with Crippen molar-refractivity contribution in [3.63, 3.8) is 0 Å². The van der Waals surface area contributed by atoms with Gasteiger partial charge in [-0.25, -0.2) is 9.78 Å². The molecule has 0 aliphatic heterocycles. The summed E-state index contributed by atoms with van der Waals surface area (Å²) in [7, 11) is 0. The number of aliphatic carboxylic acids is 1. The van der Waals surface area contributed by atoms with Crippen LogP contribution >= 0.6 is 11.3 Å². The quantitative estimate of drug-likeness (QED) is 0.691. The van der Waals surface area contributed by atoms with Gasteiger partial charge in [-0.3, -0.25) is 9.59 Å². The van der Waals surface area contributed by atoms with Crippen molar-refractivity contribution in [3.05, 3.63) is 16.1 Å². The van der Waals surface area contributed by atoms with Gasteiger partial charge in [0, 0.05) is 11.8 Å². The molecule has 0 saturated heterocycles. The van der Waals surface area contributed by atoms with Gasteiger partial charge in [0.2, 0.25) is 5.91 Å². The Morgan fingerprint density at radius 3 is 2.71 bits per heavy atom. The van der Waals surface area contributed by atoms with Gasteiger partial charge >= 0.3 is 11.9 Å². The molecule has 0 aliphatic carbocycles. The fraction of sp³-hybridized carbons (Fsp3) is 0.538. The lowest BCUT2D eigenvalue weighted by Gasteiger charge is -2.13. The van der Waals surface area contributed by atoms with Crippen LogP contribution in [0.5, 0.6) is 0 Å². The molecule has 0 spiro atoms. The van der Waals surface area contributed by atoms with E-state index in [0.717, 1.165) is 5.01 Å². The molecule has 116 valence electrons. The summed E-state index contributed by atoms with van der Waals surface area (Å²) in [6, 6.07) is -1.11. The van der Waals surface area contributed by atoms with E-state index in [1.54, 1.807) is 12.3 Å². The minimum Gasteiger partial charge on any atom is -0.480 e. The molecular weight excluding hydrogens is 296 g/mol. The Hall–Kier alpha value is -1.96. The molecule has 0 radical (unpaired) electrons. The number of hydrogen-bond donors (Lipinski definition) is 2. The molecule has 1 heterocycles. The lowest BCUT2D eigenvalue weighted by molar-refractivity contribution is -0.145. The van der Waals surface area contributed by atoms with Crippen molar-refractivity contribution in [1.29, 1.82) is 0 Å². The Morgan fingerprint density at radius 2 is 2.19 bits per heavy atom. The highest BCUT2D eigenvalue weighted by atomic mass is 32.1. The minimum atomic E-state index is -1.18. The van der Waals surface area contributed by atoms with Gasteiger partial charge in [0.25, 0.3) is 0 Å². The van der Waals surface area contributed by atoms with Crippen LogP contribution < -0.4 is 5.32 Å². The molecule has 1 atom stereocenters. The van der Waals surface area contributed by atoms with Crippen LogP contribution in [0.15, 0.2) is 5.38 Å². The largest absolute Gasteiger partial charge is 0.480 e. The van der Waals surface area contributed by atoms with Crippen LogP contribution in [-0.2, 0) is 25.5 Å². The lowest BCUT2D eigenvalue weighted by atomic mass is 10.1. The number of carboxylic acid groups (broad SMARTS) is 1. The number of rotatable bonds is 8. The van der Waals surface area contributed by atoms with Gasteiger partial charge < -0.3 is 15.2 Å². The summed E-state index contributed by atoms with van der Waals surface area (Å²) < 4.78 is 4.72. The summed E-state index contributed by atoms with van der Waals surface area (Å²) in [6.07, 6.45) is -0.0373. The second-order valence-corrected chi connectivity index (χ2v) is 5.40. The highest BCUT2D eigenvalue weighted by Crippen LogP contribution is 2.08. The highest BCUT2D eigenvalue weighted by Gasteiger charge is 2.21. The Bertz CT molecular complexity index is 514. The molecule has 1 amide bonds. The zero-order valence-electron chi connectivity index (χ0n) is 11.9. The summed E-state index contributed by atoms with van der Waals surface area (Å²) in [5, 5.41) is 14.0. The number of carbonyl (C=O) groups excluding carboxylic acids is 2. The van der Waals surface area contributed by atoms with Gasteiger partial charge in [-0.15, -0.1) is 11.3 Å². The molecule has 0 unspecified atom stereocenters. The average molecular weight is 314 g/mol. The molecule has 8 heteroatoms. The molecule has 0 aliphatic rings. The summed E-state index contributed by atoms with van der Waals surface area (Å²) in [5.74, 6) is -2.09. The first kappa shape index (κ1) is 17.1. The SMILES string of the molecule is CCOC(=O)CC[C@H](NC(=O)Cc1csc(C)n1)C(=O)O. The lowest BCUT2D eigenvalue weighted by Crippen LogP contribution is -2.41. The summed E-state index contributed by atoms with van der Waals surface area (Å²) in [5.41, 5.74) is 0.601. The van der Waals surface area contributed by atoms with Crippen LogP contribution in [0.3, 0.4) is 0 Å². The molecule has 0 saturated carbocycles. The third-order valence-electron chi connectivity index (χ3n) is 2.58. The van der Waals surface area contributed by atoms with Gasteiger partial charge in [-0.2, -0.15) is 0 Å². The van der Waals surface area contributed by atoms with Crippen LogP contribution in [0.1, 0.15) is 30.5 Å². The molecule has 2 N–H and O–H groups in total. The van der Waals surface area contributed by atoms with E-state index in [1.807, 2.05) is 6.92 Å². The molecule has 0 bridgehead atoms. The van der Waals surface area contributed by atoms with E-state index in [9.17, 15) is 14.4 Å². The van der Waals surface area contributed by atoms with Crippen molar-refractivity contribution in [1.82, 2.24) is 10.3 Å². The van der Waals surface area contributed by atoms with Crippen molar-refractivity contribution in [2.75, 3.05) is 6.61 Å². The van der Waals surface area contributed by atoms with Crippen molar-refractivity contribution < 1.29 is 24.2 Å². The number of esters is 1. The fourth-order valence-electron chi connectivity index (χ4n) is 1.65. The summed E-state index contributed by atoms with van der Waals surface area (Å²) in [4.78, 5) is 38.2. The first-order valence-corrected chi connectivity index (χ1v) is 7.39. The molecular formula is C13H18N2O5S. The van der Waals surface area contributed by atoms with Crippen molar-refractivity contribution in [2.24, 2.45) is 0 Å². The number of ether oxygens (including phenoxy) is 1. The normalized spacial score (nSPS) is 11.7. The Balaban J connectivity index is 2.47. The number of thiazole rings is 1. The number of amides is 1. The number of nitrogens with zero attached hydrogens (tertiary/aromatic N) is 1. The Kier molecular flexibility index (Phi) is 6.80. The van der Waals surface area contributed by atoms with Crippen LogP contribution in [0.2, 0.25) is 0 Å². The molecule has 1 rings (SSSR count). The second-order valence-electron chi connectivity index (χ2n) is 4.34. The van der Waals surface area contributed by atoms with Crippen LogP contribution in [-0.4, -0.2) is 40.6 Å². The van der Waals surface area contributed by atoms with Crippen molar-refractivity contribution >= 4 is 29.2 Å². The zero-order chi connectivity index (χ0) is 15.8. The molecule has 1 aromatic rings. The van der Waals surface area contributed by atoms with Crippen LogP contribution in [0.4, 0.5) is 0 Å². The van der Waals surface area contributed by atoms with Crippen molar-refractivity contribution in [2.45, 2.75) is 39.2 Å². The fourth-order valence-corrected chi connectivity index (χ4v) is 2.26.